The monoisotopic (exact) mass is 303 g/mol. The highest BCUT2D eigenvalue weighted by molar-refractivity contribution is 5.90. The number of nitrogens with one attached hydrogen (secondary N) is 1. The van der Waals surface area contributed by atoms with E-state index in [4.69, 9.17) is 14.6 Å². The van der Waals surface area contributed by atoms with E-state index in [9.17, 15) is 4.79 Å². The van der Waals surface area contributed by atoms with Crippen molar-refractivity contribution in [3.05, 3.63) is 23.9 Å². The number of aromatic nitrogens is 1. The van der Waals surface area contributed by atoms with Gasteiger partial charge in [-0.1, -0.05) is 0 Å². The van der Waals surface area contributed by atoms with Crippen molar-refractivity contribution in [1.82, 2.24) is 4.98 Å². The predicted octanol–water partition coefficient (Wildman–Crippen LogP) is 3.54. The molecule has 2 N–H and O–H groups in total. The number of ether oxygens (including phenoxy) is 2. The third-order valence-corrected chi connectivity index (χ3v) is 4.73. The maximum atomic E-state index is 11.1. The zero-order chi connectivity index (χ0) is 15.7. The number of aromatic amines is 1. The first-order valence-electron chi connectivity index (χ1n) is 7.59. The number of carboxylic acids is 1. The molecule has 0 saturated heterocycles. The summed E-state index contributed by atoms with van der Waals surface area (Å²) in [5.41, 5.74) is 2.20. The summed E-state index contributed by atoms with van der Waals surface area (Å²) in [5, 5.41) is 10.2. The Hall–Kier alpha value is -2.17. The van der Waals surface area contributed by atoms with Crippen molar-refractivity contribution in [2.24, 2.45) is 5.92 Å². The van der Waals surface area contributed by atoms with Crippen LogP contribution in [-0.2, 0) is 4.79 Å². The number of carboxylic acid groups (broad SMARTS) is 1. The minimum atomic E-state index is -0.666. The smallest absolute Gasteiger partial charge is 0.306 e. The highest BCUT2D eigenvalue weighted by Crippen LogP contribution is 2.41. The lowest BCUT2D eigenvalue weighted by molar-refractivity contribution is -0.142. The van der Waals surface area contributed by atoms with Crippen molar-refractivity contribution in [2.45, 2.75) is 31.6 Å². The van der Waals surface area contributed by atoms with Crippen molar-refractivity contribution in [3.63, 3.8) is 0 Å². The quantitative estimate of drug-likeness (QED) is 0.906. The van der Waals surface area contributed by atoms with E-state index < -0.39 is 5.97 Å². The molecule has 1 saturated carbocycles. The van der Waals surface area contributed by atoms with E-state index in [1.54, 1.807) is 14.2 Å². The van der Waals surface area contributed by atoms with E-state index >= 15 is 0 Å². The van der Waals surface area contributed by atoms with Gasteiger partial charge in [0, 0.05) is 17.6 Å². The third-order valence-electron chi connectivity index (χ3n) is 4.73. The standard InChI is InChI=1S/C17H21NO4/c1-21-12-7-13-14(9-18-16(13)15(8-12)22-2)10-3-5-11(6-4-10)17(19)20/h7-11,18H,3-6H2,1-2H3,(H,19,20). The molecule has 1 heterocycles. The molecule has 0 unspecified atom stereocenters. The van der Waals surface area contributed by atoms with Crippen LogP contribution in [0.25, 0.3) is 10.9 Å². The summed E-state index contributed by atoms with van der Waals surface area (Å²) in [6.45, 7) is 0. The molecular weight excluding hydrogens is 282 g/mol. The Balaban J connectivity index is 1.93. The number of hydrogen-bond acceptors (Lipinski definition) is 3. The fraction of sp³-hybridized carbons (Fsp3) is 0.471. The Morgan fingerprint density at radius 3 is 2.50 bits per heavy atom. The second-order valence-electron chi connectivity index (χ2n) is 5.88. The fourth-order valence-corrected chi connectivity index (χ4v) is 3.46. The molecule has 1 aromatic heterocycles. The van der Waals surface area contributed by atoms with Gasteiger partial charge in [-0.2, -0.15) is 0 Å². The molecular formula is C17H21NO4. The van der Waals surface area contributed by atoms with Gasteiger partial charge in [-0.05, 0) is 43.2 Å². The summed E-state index contributed by atoms with van der Waals surface area (Å²) >= 11 is 0. The lowest BCUT2D eigenvalue weighted by atomic mass is 9.78. The minimum Gasteiger partial charge on any atom is -0.497 e. The average molecular weight is 303 g/mol. The summed E-state index contributed by atoms with van der Waals surface area (Å²) in [6.07, 6.45) is 5.33. The van der Waals surface area contributed by atoms with Gasteiger partial charge in [0.15, 0.2) is 0 Å². The van der Waals surface area contributed by atoms with Gasteiger partial charge < -0.3 is 19.6 Å². The van der Waals surface area contributed by atoms with E-state index in [0.29, 0.717) is 5.92 Å². The lowest BCUT2D eigenvalue weighted by Crippen LogP contribution is -2.20. The molecule has 118 valence electrons. The summed E-state index contributed by atoms with van der Waals surface area (Å²) in [4.78, 5) is 14.4. The number of fused-ring (bicyclic) bond motifs is 1. The second-order valence-corrected chi connectivity index (χ2v) is 5.88. The molecule has 3 rings (SSSR count). The molecule has 1 fully saturated rings. The first-order valence-corrected chi connectivity index (χ1v) is 7.59. The first kappa shape index (κ1) is 14.8. The molecule has 2 aromatic rings. The normalized spacial score (nSPS) is 21.7. The Labute approximate surface area is 129 Å². The van der Waals surface area contributed by atoms with Crippen molar-refractivity contribution in [1.29, 1.82) is 0 Å². The van der Waals surface area contributed by atoms with Gasteiger partial charge in [0.25, 0.3) is 0 Å². The molecule has 0 radical (unpaired) electrons. The van der Waals surface area contributed by atoms with Gasteiger partial charge in [0.1, 0.15) is 11.5 Å². The van der Waals surface area contributed by atoms with E-state index in [0.717, 1.165) is 48.1 Å². The number of aliphatic carboxylic acids is 1. The van der Waals surface area contributed by atoms with Gasteiger partial charge in [-0.3, -0.25) is 4.79 Å². The third kappa shape index (κ3) is 2.51. The maximum absolute atomic E-state index is 11.1. The van der Waals surface area contributed by atoms with Crippen LogP contribution in [-0.4, -0.2) is 30.3 Å². The van der Waals surface area contributed by atoms with E-state index in [2.05, 4.69) is 4.98 Å². The first-order chi connectivity index (χ1) is 10.6. The number of hydrogen-bond donors (Lipinski definition) is 2. The van der Waals surface area contributed by atoms with E-state index in [1.807, 2.05) is 18.3 Å². The summed E-state index contributed by atoms with van der Waals surface area (Å²) in [7, 11) is 3.29. The van der Waals surface area contributed by atoms with Crippen molar-refractivity contribution >= 4 is 16.9 Å². The number of carbonyl (C=O) groups is 1. The van der Waals surface area contributed by atoms with Crippen molar-refractivity contribution in [2.75, 3.05) is 14.2 Å². The van der Waals surface area contributed by atoms with Crippen LogP contribution in [0.1, 0.15) is 37.2 Å². The zero-order valence-corrected chi connectivity index (χ0v) is 12.9. The van der Waals surface area contributed by atoms with Crippen molar-refractivity contribution in [3.8, 4) is 11.5 Å². The molecule has 0 bridgehead atoms. The van der Waals surface area contributed by atoms with Crippen LogP contribution in [0.3, 0.4) is 0 Å². The fourth-order valence-electron chi connectivity index (χ4n) is 3.46. The van der Waals surface area contributed by atoms with Gasteiger partial charge in [-0.15, -0.1) is 0 Å². The van der Waals surface area contributed by atoms with Crippen LogP contribution in [0.4, 0.5) is 0 Å². The molecule has 0 atom stereocenters. The number of H-pyrrole nitrogens is 1. The molecule has 1 aliphatic rings. The molecule has 5 heteroatoms. The van der Waals surface area contributed by atoms with Gasteiger partial charge in [-0.25, -0.2) is 0 Å². The maximum Gasteiger partial charge on any atom is 0.306 e. The largest absolute Gasteiger partial charge is 0.497 e. The molecule has 1 aliphatic carbocycles. The summed E-state index contributed by atoms with van der Waals surface area (Å²) < 4.78 is 10.8. The number of benzene rings is 1. The number of rotatable bonds is 4. The van der Waals surface area contributed by atoms with Crippen LogP contribution in [0.2, 0.25) is 0 Å². The molecule has 0 aliphatic heterocycles. The lowest BCUT2D eigenvalue weighted by Gasteiger charge is -2.26. The highest BCUT2D eigenvalue weighted by atomic mass is 16.5. The van der Waals surface area contributed by atoms with Crippen LogP contribution in [0.5, 0.6) is 11.5 Å². The predicted molar refractivity (Wildman–Crippen MR) is 83.7 cm³/mol. The van der Waals surface area contributed by atoms with Crippen LogP contribution >= 0.6 is 0 Å². The highest BCUT2D eigenvalue weighted by Gasteiger charge is 2.28. The summed E-state index contributed by atoms with van der Waals surface area (Å²) in [6, 6.07) is 3.89. The Kier molecular flexibility index (Phi) is 3.96. The molecule has 0 amide bonds. The molecule has 0 spiro atoms. The van der Waals surface area contributed by atoms with Gasteiger partial charge in [0.05, 0.1) is 25.7 Å². The topological polar surface area (TPSA) is 71.5 Å². The zero-order valence-electron chi connectivity index (χ0n) is 12.9. The Morgan fingerprint density at radius 2 is 1.91 bits per heavy atom. The van der Waals surface area contributed by atoms with E-state index in [1.165, 1.54) is 5.56 Å². The van der Waals surface area contributed by atoms with Gasteiger partial charge >= 0.3 is 5.97 Å². The minimum absolute atomic E-state index is 0.189. The molecule has 22 heavy (non-hydrogen) atoms. The second kappa shape index (κ2) is 5.91. The van der Waals surface area contributed by atoms with Crippen molar-refractivity contribution < 1.29 is 19.4 Å². The van der Waals surface area contributed by atoms with Crippen LogP contribution in [0, 0.1) is 5.92 Å². The Bertz CT molecular complexity index is 683. The Morgan fingerprint density at radius 1 is 1.18 bits per heavy atom. The molecule has 5 nitrogen and oxygen atoms in total. The average Bonchev–Trinajstić information content (AvgIpc) is 2.97. The SMILES string of the molecule is COc1cc(OC)c2[nH]cc(C3CCC(C(=O)O)CC3)c2c1. The van der Waals surface area contributed by atoms with Crippen LogP contribution < -0.4 is 9.47 Å². The van der Waals surface area contributed by atoms with Crippen LogP contribution in [0.15, 0.2) is 18.3 Å². The van der Waals surface area contributed by atoms with E-state index in [-0.39, 0.29) is 5.92 Å². The number of methoxy groups -OCH3 is 2. The summed E-state index contributed by atoms with van der Waals surface area (Å²) in [5.74, 6) is 1.07. The van der Waals surface area contributed by atoms with Gasteiger partial charge in [0.2, 0.25) is 0 Å². The molecule has 1 aromatic carbocycles.